The lowest BCUT2D eigenvalue weighted by Crippen LogP contribution is -2.24. The average Bonchev–Trinajstić information content (AvgIpc) is 2.70. The van der Waals surface area contributed by atoms with E-state index in [1.54, 1.807) is 24.3 Å². The van der Waals surface area contributed by atoms with E-state index in [1.807, 2.05) is 51.1 Å². The molecule has 0 N–H and O–H groups in total. The summed E-state index contributed by atoms with van der Waals surface area (Å²) in [6, 6.07) is 18.5. The van der Waals surface area contributed by atoms with Gasteiger partial charge in [0, 0.05) is 18.4 Å². The molecular formula is C24H25NO3. The lowest BCUT2D eigenvalue weighted by molar-refractivity contribution is -0.153. The Morgan fingerprint density at radius 2 is 1.75 bits per heavy atom. The molecule has 0 amide bonds. The van der Waals surface area contributed by atoms with Gasteiger partial charge in [-0.3, -0.25) is 4.79 Å². The molecule has 2 rings (SSSR count). The lowest BCUT2D eigenvalue weighted by atomic mass is 9.92. The van der Waals surface area contributed by atoms with Gasteiger partial charge in [-0.1, -0.05) is 51.1 Å². The van der Waals surface area contributed by atoms with Gasteiger partial charge < -0.3 is 9.47 Å². The maximum Gasteiger partial charge on any atom is 0.311 e. The zero-order valence-electron chi connectivity index (χ0n) is 16.5. The van der Waals surface area contributed by atoms with Gasteiger partial charge in [0.15, 0.2) is 0 Å². The fraction of sp³-hybridized carbons (Fsp3) is 0.333. The minimum Gasteiger partial charge on any atom is -0.457 e. The van der Waals surface area contributed by atoms with Gasteiger partial charge in [0.2, 0.25) is 6.10 Å². The molecule has 0 saturated carbocycles. The van der Waals surface area contributed by atoms with Crippen molar-refractivity contribution in [2.24, 2.45) is 11.8 Å². The van der Waals surface area contributed by atoms with E-state index in [4.69, 9.17) is 9.47 Å². The number of nitriles is 1. The first-order chi connectivity index (χ1) is 13.5. The Labute approximate surface area is 167 Å². The zero-order valence-corrected chi connectivity index (χ0v) is 16.5. The number of para-hydroxylation sites is 1. The van der Waals surface area contributed by atoms with Crippen LogP contribution in [0.1, 0.15) is 45.3 Å². The van der Waals surface area contributed by atoms with Crippen LogP contribution in [-0.4, -0.2) is 5.97 Å². The molecule has 0 aliphatic carbocycles. The van der Waals surface area contributed by atoms with Gasteiger partial charge >= 0.3 is 5.97 Å². The van der Waals surface area contributed by atoms with E-state index in [2.05, 4.69) is 17.9 Å². The van der Waals surface area contributed by atoms with Crippen molar-refractivity contribution in [2.45, 2.75) is 39.7 Å². The summed E-state index contributed by atoms with van der Waals surface area (Å²) in [4.78, 5) is 12.6. The molecule has 0 fully saturated rings. The van der Waals surface area contributed by atoms with Gasteiger partial charge in [0.25, 0.3) is 0 Å². The van der Waals surface area contributed by atoms with Crippen molar-refractivity contribution in [2.75, 3.05) is 0 Å². The number of carbonyl (C=O) groups excluding carboxylic acids is 1. The first kappa shape index (κ1) is 21.1. The summed E-state index contributed by atoms with van der Waals surface area (Å²) in [5.41, 5.74) is 0.575. The number of ether oxygens (including phenoxy) is 2. The first-order valence-corrected chi connectivity index (χ1v) is 9.43. The van der Waals surface area contributed by atoms with Crippen LogP contribution < -0.4 is 4.74 Å². The van der Waals surface area contributed by atoms with Crippen LogP contribution in [0.25, 0.3) is 0 Å². The number of hydrogen-bond acceptors (Lipinski definition) is 4. The van der Waals surface area contributed by atoms with Gasteiger partial charge in [-0.05, 0) is 30.2 Å². The molecule has 2 unspecified atom stereocenters. The summed E-state index contributed by atoms with van der Waals surface area (Å²) in [6.45, 7) is 5.87. The summed E-state index contributed by atoms with van der Waals surface area (Å²) < 4.78 is 11.3. The zero-order chi connectivity index (χ0) is 20.4. The highest BCUT2D eigenvalue weighted by Crippen LogP contribution is 2.27. The Hall–Kier alpha value is -3.24. The third-order valence-electron chi connectivity index (χ3n) is 4.22. The molecule has 2 atom stereocenters. The largest absolute Gasteiger partial charge is 0.457 e. The molecule has 2 aromatic carbocycles. The summed E-state index contributed by atoms with van der Waals surface area (Å²) in [5.74, 6) is 6.57. The molecule has 0 radical (unpaired) electrons. The monoisotopic (exact) mass is 375 g/mol. The van der Waals surface area contributed by atoms with Gasteiger partial charge in [0.05, 0.1) is 5.92 Å². The summed E-state index contributed by atoms with van der Waals surface area (Å²) >= 11 is 0. The number of nitrogens with zero attached hydrogens (tertiary/aromatic N) is 1. The molecule has 4 heteroatoms. The van der Waals surface area contributed by atoms with E-state index in [-0.39, 0.29) is 11.8 Å². The topological polar surface area (TPSA) is 59.3 Å². The molecular weight excluding hydrogens is 350 g/mol. The highest BCUT2D eigenvalue weighted by atomic mass is 16.5. The molecule has 0 saturated heterocycles. The van der Waals surface area contributed by atoms with E-state index >= 15 is 0 Å². The maximum atomic E-state index is 12.6. The Kier molecular flexibility index (Phi) is 8.12. The lowest BCUT2D eigenvalue weighted by Gasteiger charge is -2.20. The number of hydrogen-bond donors (Lipinski definition) is 0. The molecule has 0 aromatic heterocycles. The number of carbonyl (C=O) groups is 1. The minimum absolute atomic E-state index is 0.0748. The molecule has 28 heavy (non-hydrogen) atoms. The maximum absolute atomic E-state index is 12.6. The number of rotatable bonds is 7. The predicted molar refractivity (Wildman–Crippen MR) is 108 cm³/mol. The van der Waals surface area contributed by atoms with Crippen LogP contribution in [0.3, 0.4) is 0 Å². The Balaban J connectivity index is 2.13. The highest BCUT2D eigenvalue weighted by Gasteiger charge is 2.26. The quantitative estimate of drug-likeness (QED) is 0.463. The second kappa shape index (κ2) is 10.8. The van der Waals surface area contributed by atoms with Gasteiger partial charge in [0.1, 0.15) is 17.6 Å². The molecule has 0 aliphatic heterocycles. The summed E-state index contributed by atoms with van der Waals surface area (Å²) in [5, 5.41) is 9.55. The van der Waals surface area contributed by atoms with E-state index in [1.165, 1.54) is 0 Å². The molecule has 0 heterocycles. The standard InChI is InChI=1S/C24H25NO3/c1-4-5-7-15-22(18(2)3)24(26)28-23(17-25)19-11-10-14-21(16-19)27-20-12-8-6-9-13-20/h6,8-14,16,18,22-23H,4,15H2,1-3H3. The molecule has 0 aliphatic rings. The van der Waals surface area contributed by atoms with Crippen LogP contribution in [0, 0.1) is 35.0 Å². The Morgan fingerprint density at radius 3 is 2.39 bits per heavy atom. The van der Waals surface area contributed by atoms with Crippen molar-refractivity contribution in [1.29, 1.82) is 5.26 Å². The van der Waals surface area contributed by atoms with Gasteiger partial charge in [-0.2, -0.15) is 5.26 Å². The Bertz CT molecular complexity index is 872. The van der Waals surface area contributed by atoms with Gasteiger partial charge in [-0.15, -0.1) is 11.8 Å². The molecule has 4 nitrogen and oxygen atoms in total. The third kappa shape index (κ3) is 6.18. The van der Waals surface area contributed by atoms with Crippen molar-refractivity contribution >= 4 is 5.97 Å². The third-order valence-corrected chi connectivity index (χ3v) is 4.22. The summed E-state index contributed by atoms with van der Waals surface area (Å²) in [6.07, 6.45) is 0.182. The van der Waals surface area contributed by atoms with E-state index < -0.39 is 12.1 Å². The van der Waals surface area contributed by atoms with Crippen LogP contribution in [0.4, 0.5) is 0 Å². The average molecular weight is 375 g/mol. The second-order valence-corrected chi connectivity index (χ2v) is 6.70. The molecule has 0 bridgehead atoms. The van der Waals surface area contributed by atoms with Crippen LogP contribution in [0.2, 0.25) is 0 Å². The van der Waals surface area contributed by atoms with E-state index in [0.29, 0.717) is 23.5 Å². The van der Waals surface area contributed by atoms with Crippen molar-refractivity contribution in [1.82, 2.24) is 0 Å². The van der Waals surface area contributed by atoms with Crippen molar-refractivity contribution in [3.8, 4) is 29.4 Å². The van der Waals surface area contributed by atoms with Crippen LogP contribution >= 0.6 is 0 Å². The highest BCUT2D eigenvalue weighted by molar-refractivity contribution is 5.73. The van der Waals surface area contributed by atoms with Crippen LogP contribution in [0.15, 0.2) is 54.6 Å². The van der Waals surface area contributed by atoms with E-state index in [9.17, 15) is 10.1 Å². The van der Waals surface area contributed by atoms with Crippen molar-refractivity contribution in [3.05, 3.63) is 60.2 Å². The minimum atomic E-state index is -0.993. The molecule has 2 aromatic rings. The smallest absolute Gasteiger partial charge is 0.311 e. The van der Waals surface area contributed by atoms with Gasteiger partial charge in [-0.25, -0.2) is 0 Å². The fourth-order valence-electron chi connectivity index (χ4n) is 2.64. The predicted octanol–water partition coefficient (Wildman–Crippen LogP) is 5.66. The second-order valence-electron chi connectivity index (χ2n) is 6.70. The summed E-state index contributed by atoms with van der Waals surface area (Å²) in [7, 11) is 0. The van der Waals surface area contributed by atoms with Crippen molar-refractivity contribution in [3.63, 3.8) is 0 Å². The van der Waals surface area contributed by atoms with Crippen LogP contribution in [0.5, 0.6) is 11.5 Å². The normalized spacial score (nSPS) is 12.2. The molecule has 144 valence electrons. The first-order valence-electron chi connectivity index (χ1n) is 9.43. The Morgan fingerprint density at radius 1 is 1.04 bits per heavy atom. The van der Waals surface area contributed by atoms with Crippen molar-refractivity contribution < 1.29 is 14.3 Å². The SMILES string of the molecule is CCC#CCC(C(=O)OC(C#N)c1cccc(Oc2ccccc2)c1)C(C)C. The molecule has 0 spiro atoms. The number of esters is 1. The van der Waals surface area contributed by atoms with Crippen LogP contribution in [-0.2, 0) is 9.53 Å². The van der Waals surface area contributed by atoms with E-state index in [0.717, 1.165) is 6.42 Å². The number of benzene rings is 2. The fourth-order valence-corrected chi connectivity index (χ4v) is 2.64.